The largest absolute Gasteiger partial charge is 0.467 e. The van der Waals surface area contributed by atoms with E-state index in [0.717, 1.165) is 0 Å². The first kappa shape index (κ1) is 12.6. The molecule has 0 atom stereocenters. The second kappa shape index (κ2) is 6.95. The first-order valence-corrected chi connectivity index (χ1v) is 6.16. The van der Waals surface area contributed by atoms with Crippen LogP contribution in [0.2, 0.25) is 0 Å². The lowest BCUT2D eigenvalue weighted by molar-refractivity contribution is -0.124. The van der Waals surface area contributed by atoms with Crippen LogP contribution in [-0.4, -0.2) is 30.4 Å². The van der Waals surface area contributed by atoms with Gasteiger partial charge in [-0.3, -0.25) is 9.59 Å². The standard InChI is InChI=1S/C10H14N2O3S/c1-16-7-10(14)12-6-9(13)11-5-8-3-2-4-15-8/h2-4H,5-7H2,1H3,(H,11,13)(H,12,14). The van der Waals surface area contributed by atoms with Crippen LogP contribution in [0, 0.1) is 0 Å². The summed E-state index contributed by atoms with van der Waals surface area (Å²) in [5.74, 6) is 0.682. The Hall–Kier alpha value is -1.43. The molecule has 1 aromatic rings. The molecule has 0 unspecified atom stereocenters. The van der Waals surface area contributed by atoms with Crippen molar-refractivity contribution in [2.45, 2.75) is 6.54 Å². The van der Waals surface area contributed by atoms with Crippen molar-refractivity contribution in [3.05, 3.63) is 24.2 Å². The van der Waals surface area contributed by atoms with Gasteiger partial charge in [0.1, 0.15) is 5.76 Å². The monoisotopic (exact) mass is 242 g/mol. The first-order chi connectivity index (χ1) is 7.72. The van der Waals surface area contributed by atoms with E-state index in [4.69, 9.17) is 4.42 Å². The van der Waals surface area contributed by atoms with Crippen LogP contribution in [0.1, 0.15) is 5.76 Å². The second-order valence-corrected chi connectivity index (χ2v) is 3.93. The highest BCUT2D eigenvalue weighted by molar-refractivity contribution is 7.99. The van der Waals surface area contributed by atoms with Gasteiger partial charge in [-0.2, -0.15) is 11.8 Å². The smallest absolute Gasteiger partial charge is 0.239 e. The predicted molar refractivity (Wildman–Crippen MR) is 61.9 cm³/mol. The minimum atomic E-state index is -0.231. The van der Waals surface area contributed by atoms with E-state index in [0.29, 0.717) is 18.1 Å². The molecule has 0 radical (unpaired) electrons. The van der Waals surface area contributed by atoms with E-state index in [1.165, 1.54) is 11.8 Å². The van der Waals surface area contributed by atoms with Crippen LogP contribution in [0.5, 0.6) is 0 Å². The van der Waals surface area contributed by atoms with Crippen LogP contribution in [0.4, 0.5) is 0 Å². The fraction of sp³-hybridized carbons (Fsp3) is 0.400. The molecule has 0 aliphatic carbocycles. The number of nitrogens with one attached hydrogen (secondary N) is 2. The van der Waals surface area contributed by atoms with Gasteiger partial charge in [0, 0.05) is 0 Å². The summed E-state index contributed by atoms with van der Waals surface area (Å²) in [5.41, 5.74) is 0. The number of thioether (sulfide) groups is 1. The minimum absolute atomic E-state index is 0.000101. The number of hydrogen-bond acceptors (Lipinski definition) is 4. The molecule has 1 heterocycles. The van der Waals surface area contributed by atoms with Crippen molar-refractivity contribution in [1.29, 1.82) is 0 Å². The van der Waals surface area contributed by atoms with Crippen LogP contribution in [0.25, 0.3) is 0 Å². The summed E-state index contributed by atoms with van der Waals surface area (Å²) in [6.07, 6.45) is 3.37. The van der Waals surface area contributed by atoms with E-state index in [-0.39, 0.29) is 18.4 Å². The number of carbonyl (C=O) groups is 2. The van der Waals surface area contributed by atoms with Crippen molar-refractivity contribution in [3.63, 3.8) is 0 Å². The number of carbonyl (C=O) groups excluding carboxylic acids is 2. The maximum Gasteiger partial charge on any atom is 0.239 e. The lowest BCUT2D eigenvalue weighted by Crippen LogP contribution is -2.37. The van der Waals surface area contributed by atoms with Gasteiger partial charge in [0.25, 0.3) is 0 Å². The highest BCUT2D eigenvalue weighted by atomic mass is 32.2. The summed E-state index contributed by atoms with van der Waals surface area (Å²) in [6.45, 7) is 0.338. The Morgan fingerprint density at radius 1 is 1.38 bits per heavy atom. The Kier molecular flexibility index (Phi) is 5.49. The van der Waals surface area contributed by atoms with Crippen LogP contribution in [0.15, 0.2) is 22.8 Å². The van der Waals surface area contributed by atoms with Crippen molar-refractivity contribution in [2.75, 3.05) is 18.6 Å². The normalized spacial score (nSPS) is 9.81. The van der Waals surface area contributed by atoms with Crippen LogP contribution >= 0.6 is 11.8 Å². The van der Waals surface area contributed by atoms with Gasteiger partial charge >= 0.3 is 0 Å². The van der Waals surface area contributed by atoms with E-state index < -0.39 is 0 Å². The summed E-state index contributed by atoms with van der Waals surface area (Å²) >= 11 is 1.41. The second-order valence-electron chi connectivity index (χ2n) is 3.07. The molecule has 0 aliphatic heterocycles. The SMILES string of the molecule is CSCC(=O)NCC(=O)NCc1ccco1. The van der Waals surface area contributed by atoms with E-state index in [1.807, 2.05) is 6.26 Å². The van der Waals surface area contributed by atoms with E-state index in [1.54, 1.807) is 18.4 Å². The number of rotatable bonds is 6. The van der Waals surface area contributed by atoms with Crippen LogP contribution < -0.4 is 10.6 Å². The number of amides is 2. The van der Waals surface area contributed by atoms with Crippen molar-refractivity contribution < 1.29 is 14.0 Å². The molecule has 0 saturated carbocycles. The molecule has 0 bridgehead atoms. The fourth-order valence-corrected chi connectivity index (χ4v) is 1.39. The van der Waals surface area contributed by atoms with E-state index in [2.05, 4.69) is 10.6 Å². The van der Waals surface area contributed by atoms with Gasteiger partial charge in [0.15, 0.2) is 0 Å². The molecule has 5 nitrogen and oxygen atoms in total. The van der Waals surface area contributed by atoms with Crippen molar-refractivity contribution in [3.8, 4) is 0 Å². The summed E-state index contributed by atoms with van der Waals surface area (Å²) < 4.78 is 5.04. The van der Waals surface area contributed by atoms with Gasteiger partial charge < -0.3 is 15.1 Å². The number of hydrogen-bond donors (Lipinski definition) is 2. The Labute approximate surface area is 98.0 Å². The molecule has 0 spiro atoms. The van der Waals surface area contributed by atoms with E-state index in [9.17, 15) is 9.59 Å². The highest BCUT2D eigenvalue weighted by Gasteiger charge is 2.05. The van der Waals surface area contributed by atoms with Gasteiger partial charge in [0.2, 0.25) is 11.8 Å². The molecular weight excluding hydrogens is 228 g/mol. The Bertz CT molecular complexity index is 338. The molecule has 1 aromatic heterocycles. The third kappa shape index (κ3) is 4.88. The highest BCUT2D eigenvalue weighted by Crippen LogP contribution is 1.97. The molecule has 0 aromatic carbocycles. The fourth-order valence-electron chi connectivity index (χ4n) is 1.02. The topological polar surface area (TPSA) is 71.3 Å². The molecule has 6 heteroatoms. The zero-order valence-corrected chi connectivity index (χ0v) is 9.80. The first-order valence-electron chi connectivity index (χ1n) is 4.77. The lowest BCUT2D eigenvalue weighted by Gasteiger charge is -2.04. The van der Waals surface area contributed by atoms with Gasteiger partial charge in [0.05, 0.1) is 25.1 Å². The van der Waals surface area contributed by atoms with Crippen molar-refractivity contribution in [2.24, 2.45) is 0 Å². The molecule has 2 amide bonds. The van der Waals surface area contributed by atoms with E-state index >= 15 is 0 Å². The Morgan fingerprint density at radius 2 is 2.19 bits per heavy atom. The Morgan fingerprint density at radius 3 is 2.81 bits per heavy atom. The molecule has 2 N–H and O–H groups in total. The average Bonchev–Trinajstić information content (AvgIpc) is 2.77. The maximum atomic E-state index is 11.3. The lowest BCUT2D eigenvalue weighted by atomic mass is 10.4. The number of furan rings is 1. The third-order valence-electron chi connectivity index (χ3n) is 1.76. The van der Waals surface area contributed by atoms with Crippen LogP contribution in [0.3, 0.4) is 0 Å². The molecule has 0 fully saturated rings. The molecule has 16 heavy (non-hydrogen) atoms. The zero-order chi connectivity index (χ0) is 11.8. The van der Waals surface area contributed by atoms with Gasteiger partial charge in [-0.1, -0.05) is 0 Å². The summed E-state index contributed by atoms with van der Waals surface area (Å²) in [6, 6.07) is 3.52. The predicted octanol–water partition coefficient (Wildman–Crippen LogP) is 0.375. The van der Waals surface area contributed by atoms with Crippen molar-refractivity contribution >= 4 is 23.6 Å². The van der Waals surface area contributed by atoms with Gasteiger partial charge in [-0.05, 0) is 18.4 Å². The molecular formula is C10H14N2O3S. The van der Waals surface area contributed by atoms with Crippen molar-refractivity contribution in [1.82, 2.24) is 10.6 Å². The maximum absolute atomic E-state index is 11.3. The minimum Gasteiger partial charge on any atom is -0.467 e. The molecule has 0 aliphatic rings. The average molecular weight is 242 g/mol. The van der Waals surface area contributed by atoms with Crippen LogP contribution in [-0.2, 0) is 16.1 Å². The quantitative estimate of drug-likeness (QED) is 0.756. The molecule has 0 saturated heterocycles. The van der Waals surface area contributed by atoms with Gasteiger partial charge in [-0.25, -0.2) is 0 Å². The Balaban J connectivity index is 2.14. The zero-order valence-electron chi connectivity index (χ0n) is 8.99. The molecule has 88 valence electrons. The third-order valence-corrected chi connectivity index (χ3v) is 2.31. The summed E-state index contributed by atoms with van der Waals surface area (Å²) in [7, 11) is 0. The summed E-state index contributed by atoms with van der Waals surface area (Å²) in [5, 5.41) is 5.14. The van der Waals surface area contributed by atoms with Gasteiger partial charge in [-0.15, -0.1) is 0 Å². The molecule has 1 rings (SSSR count). The summed E-state index contributed by atoms with van der Waals surface area (Å²) in [4.78, 5) is 22.3.